The number of nitrogens with zero attached hydrogens (tertiary/aromatic N) is 1. The van der Waals surface area contributed by atoms with Crippen molar-refractivity contribution in [3.05, 3.63) is 0 Å². The second-order valence-corrected chi connectivity index (χ2v) is 11.4. The third-order valence-corrected chi connectivity index (χ3v) is 11.1. The minimum atomic E-state index is -1.08. The first-order chi connectivity index (χ1) is 13.7. The van der Waals surface area contributed by atoms with Crippen LogP contribution in [0, 0.1) is 34.5 Å². The number of likely N-dealkylation sites (tertiary alicyclic amines) is 1. The largest absolute Gasteiger partial charge is 0.392 e. The molecule has 0 unspecified atom stereocenters. The molecule has 0 radical (unpaired) electrons. The van der Waals surface area contributed by atoms with Crippen molar-refractivity contribution in [2.24, 2.45) is 34.5 Å². The number of aliphatic hydroxyl groups is 3. The quantitative estimate of drug-likeness (QED) is 0.648. The van der Waals surface area contributed by atoms with Crippen molar-refractivity contribution >= 4 is 0 Å². The molecule has 1 saturated heterocycles. The zero-order valence-electron chi connectivity index (χ0n) is 18.2. The molecule has 6 aliphatic rings. The van der Waals surface area contributed by atoms with Gasteiger partial charge in [0.1, 0.15) is 11.2 Å². The average molecular weight is 408 g/mol. The van der Waals surface area contributed by atoms with Crippen LogP contribution in [-0.2, 0) is 9.47 Å². The van der Waals surface area contributed by atoms with E-state index in [9.17, 15) is 15.3 Å². The minimum absolute atomic E-state index is 0.0618. The van der Waals surface area contributed by atoms with E-state index in [4.69, 9.17) is 9.47 Å². The Kier molecular flexibility index (Phi) is 3.73. The summed E-state index contributed by atoms with van der Waals surface area (Å²) >= 11 is 0. The van der Waals surface area contributed by atoms with Crippen LogP contribution in [0.3, 0.4) is 0 Å². The number of aliphatic hydroxyl groups excluding tert-OH is 2. The van der Waals surface area contributed by atoms with Crippen molar-refractivity contribution in [1.82, 2.24) is 4.90 Å². The van der Waals surface area contributed by atoms with E-state index in [1.54, 1.807) is 14.2 Å². The number of likely N-dealkylation sites (N-methyl/N-ethyl adjacent to an activating group) is 1. The highest BCUT2D eigenvalue weighted by molar-refractivity contribution is 5.38. The van der Waals surface area contributed by atoms with E-state index in [1.807, 2.05) is 0 Å². The van der Waals surface area contributed by atoms with Gasteiger partial charge < -0.3 is 24.8 Å². The lowest BCUT2D eigenvalue weighted by molar-refractivity contribution is -0.316. The van der Waals surface area contributed by atoms with Crippen molar-refractivity contribution in [1.29, 1.82) is 0 Å². The van der Waals surface area contributed by atoms with E-state index < -0.39 is 23.4 Å². The second-order valence-electron chi connectivity index (χ2n) is 11.4. The van der Waals surface area contributed by atoms with Crippen LogP contribution in [-0.4, -0.2) is 83.1 Å². The first kappa shape index (κ1) is 19.4. The normalized spacial score (nSPS) is 65.1. The van der Waals surface area contributed by atoms with Crippen molar-refractivity contribution in [3.8, 4) is 0 Å². The van der Waals surface area contributed by atoms with E-state index in [2.05, 4.69) is 18.7 Å². The average Bonchev–Trinajstić information content (AvgIpc) is 3.07. The van der Waals surface area contributed by atoms with Crippen LogP contribution >= 0.6 is 0 Å². The van der Waals surface area contributed by atoms with Gasteiger partial charge in [0.25, 0.3) is 0 Å². The molecule has 0 aromatic carbocycles. The Morgan fingerprint density at radius 2 is 1.93 bits per heavy atom. The van der Waals surface area contributed by atoms with Gasteiger partial charge in [0, 0.05) is 50.5 Å². The van der Waals surface area contributed by atoms with Gasteiger partial charge in [-0.25, -0.2) is 0 Å². The summed E-state index contributed by atoms with van der Waals surface area (Å²) in [6.07, 6.45) is 2.87. The number of ether oxygens (including phenoxy) is 2. The highest BCUT2D eigenvalue weighted by atomic mass is 16.5. The third kappa shape index (κ3) is 1.74. The molecule has 29 heavy (non-hydrogen) atoms. The van der Waals surface area contributed by atoms with Crippen LogP contribution in [0.25, 0.3) is 0 Å². The molecule has 3 N–H and O–H groups in total. The second kappa shape index (κ2) is 5.57. The summed E-state index contributed by atoms with van der Waals surface area (Å²) in [5.74, 6) is 0.353. The molecule has 1 spiro atoms. The van der Waals surface area contributed by atoms with Crippen molar-refractivity contribution in [2.45, 2.75) is 81.5 Å². The molecule has 6 rings (SSSR count). The lowest BCUT2D eigenvalue weighted by Crippen LogP contribution is -2.81. The smallest absolute Gasteiger partial charge is 0.110 e. The summed E-state index contributed by atoms with van der Waals surface area (Å²) in [6.45, 7) is 6.40. The molecule has 5 saturated carbocycles. The number of hydrogen-bond acceptors (Lipinski definition) is 6. The highest BCUT2D eigenvalue weighted by Gasteiger charge is 2.88. The molecule has 7 bridgehead atoms. The fourth-order valence-electron chi connectivity index (χ4n) is 10.4. The fourth-order valence-corrected chi connectivity index (χ4v) is 10.4. The molecule has 1 aliphatic heterocycles. The molecule has 0 amide bonds. The summed E-state index contributed by atoms with van der Waals surface area (Å²) in [5.41, 5.74) is -2.18. The molecule has 0 aromatic rings. The van der Waals surface area contributed by atoms with Gasteiger partial charge in [0.2, 0.25) is 0 Å². The van der Waals surface area contributed by atoms with Gasteiger partial charge >= 0.3 is 0 Å². The highest BCUT2D eigenvalue weighted by Crippen LogP contribution is 2.80. The van der Waals surface area contributed by atoms with Gasteiger partial charge in [0.15, 0.2) is 0 Å². The van der Waals surface area contributed by atoms with Crippen LogP contribution < -0.4 is 0 Å². The van der Waals surface area contributed by atoms with Crippen LogP contribution in [0.2, 0.25) is 0 Å². The first-order valence-electron chi connectivity index (χ1n) is 11.7. The number of piperidine rings is 1. The molecule has 6 nitrogen and oxygen atoms in total. The summed E-state index contributed by atoms with van der Waals surface area (Å²) < 4.78 is 12.2. The van der Waals surface area contributed by atoms with Gasteiger partial charge in [-0.05, 0) is 49.5 Å². The van der Waals surface area contributed by atoms with Crippen LogP contribution in [0.15, 0.2) is 0 Å². The molecule has 6 fully saturated rings. The van der Waals surface area contributed by atoms with E-state index in [1.165, 1.54) is 0 Å². The monoisotopic (exact) mass is 407 g/mol. The molecule has 164 valence electrons. The third-order valence-electron chi connectivity index (χ3n) is 11.1. The lowest BCUT2D eigenvalue weighted by atomic mass is 9.43. The van der Waals surface area contributed by atoms with Crippen LogP contribution in [0.4, 0.5) is 0 Å². The molecule has 0 aromatic heterocycles. The predicted molar refractivity (Wildman–Crippen MR) is 106 cm³/mol. The topological polar surface area (TPSA) is 82.4 Å². The number of rotatable bonds is 3. The Labute approximate surface area is 173 Å². The van der Waals surface area contributed by atoms with Gasteiger partial charge in [-0.3, -0.25) is 4.90 Å². The van der Waals surface area contributed by atoms with Crippen molar-refractivity contribution in [3.63, 3.8) is 0 Å². The number of hydrogen-bond donors (Lipinski definition) is 3. The van der Waals surface area contributed by atoms with Gasteiger partial charge in [0.05, 0.1) is 18.3 Å². The molecule has 1 heterocycles. The molecular weight excluding hydrogens is 370 g/mol. The van der Waals surface area contributed by atoms with E-state index in [-0.39, 0.29) is 46.6 Å². The maximum Gasteiger partial charge on any atom is 0.110 e. The number of methoxy groups -OCH3 is 2. The maximum atomic E-state index is 12.6. The zero-order chi connectivity index (χ0) is 20.6. The van der Waals surface area contributed by atoms with E-state index in [0.717, 1.165) is 32.4 Å². The van der Waals surface area contributed by atoms with Crippen LogP contribution in [0.5, 0.6) is 0 Å². The SMILES string of the molecule is CCN1C[C@@]2(C)CC[C@H](O)[C@@]34[C@@H]1[C@@](O)(C[C@@H]23)[C@]1(OC)C[C@H](OC)[C@@H]2C[C@H]4[C@H]1[C@H]2O. The predicted octanol–water partition coefficient (Wildman–Crippen LogP) is 1.02. The summed E-state index contributed by atoms with van der Waals surface area (Å²) in [5, 5.41) is 35.8. The van der Waals surface area contributed by atoms with Gasteiger partial charge in [-0.15, -0.1) is 0 Å². The number of fused-ring (bicyclic) bond motifs is 2. The molecule has 5 aliphatic carbocycles. The molecule has 12 atom stereocenters. The van der Waals surface area contributed by atoms with Crippen LogP contribution in [0.1, 0.15) is 46.0 Å². The Bertz CT molecular complexity index is 734. The first-order valence-corrected chi connectivity index (χ1v) is 11.7. The fraction of sp³-hybridized carbons (Fsp3) is 1.00. The van der Waals surface area contributed by atoms with E-state index >= 15 is 0 Å². The lowest BCUT2D eigenvalue weighted by Gasteiger charge is -2.70. The zero-order valence-corrected chi connectivity index (χ0v) is 18.2. The Hall–Kier alpha value is -0.240. The van der Waals surface area contributed by atoms with Gasteiger partial charge in [-0.2, -0.15) is 0 Å². The Balaban J connectivity index is 1.65. The summed E-state index contributed by atoms with van der Waals surface area (Å²) in [6, 6.07) is -0.115. The van der Waals surface area contributed by atoms with E-state index in [0.29, 0.717) is 12.8 Å². The van der Waals surface area contributed by atoms with Gasteiger partial charge in [-0.1, -0.05) is 13.8 Å². The summed E-state index contributed by atoms with van der Waals surface area (Å²) in [7, 11) is 3.43. The summed E-state index contributed by atoms with van der Waals surface area (Å²) in [4.78, 5) is 2.46. The standard InChI is InChI=1S/C23H37NO5/c1-5-24-11-20(2)7-6-16(25)23-13-8-12-14(28-3)9-22(29-4,17(13)18(12)26)21(27,19(23)24)10-15(20)23/h12-19,25-27H,5-11H2,1-4H3/t12-,13-,14-,15-,16-,17-,18-,19-,20+,21-,22-,23-/m0/s1. The van der Waals surface area contributed by atoms with Crippen molar-refractivity contribution in [2.75, 3.05) is 27.3 Å². The maximum absolute atomic E-state index is 12.6. The Morgan fingerprint density at radius 3 is 2.59 bits per heavy atom. The molecular formula is C23H37NO5. The van der Waals surface area contributed by atoms with Crippen molar-refractivity contribution < 1.29 is 24.8 Å². The minimum Gasteiger partial charge on any atom is -0.392 e. The Morgan fingerprint density at radius 1 is 1.17 bits per heavy atom. The molecule has 6 heteroatoms.